The van der Waals surface area contributed by atoms with E-state index in [9.17, 15) is 4.79 Å². The highest BCUT2D eigenvalue weighted by Crippen LogP contribution is 2.17. The first-order valence-corrected chi connectivity index (χ1v) is 7.76. The van der Waals surface area contributed by atoms with Crippen molar-refractivity contribution in [2.75, 3.05) is 0 Å². The van der Waals surface area contributed by atoms with Gasteiger partial charge in [-0.1, -0.05) is 22.9 Å². The third kappa shape index (κ3) is 3.34. The molecule has 1 aromatic carbocycles. The highest BCUT2D eigenvalue weighted by atomic mass is 16.5. The maximum atomic E-state index is 12.3. The zero-order chi connectivity index (χ0) is 17.1. The van der Waals surface area contributed by atoms with Crippen molar-refractivity contribution in [3.8, 4) is 11.5 Å². The lowest BCUT2D eigenvalue weighted by Crippen LogP contribution is -2.26. The van der Waals surface area contributed by atoms with Gasteiger partial charge in [-0.3, -0.25) is 9.48 Å². The van der Waals surface area contributed by atoms with Crippen LogP contribution in [0.3, 0.4) is 0 Å². The fraction of sp³-hybridized carbons (Fsp3) is 0.294. The molecule has 24 heavy (non-hydrogen) atoms. The second-order valence-electron chi connectivity index (χ2n) is 5.82. The number of nitrogens with one attached hydrogen (secondary N) is 1. The molecule has 7 nitrogen and oxygen atoms in total. The fourth-order valence-electron chi connectivity index (χ4n) is 2.29. The van der Waals surface area contributed by atoms with Crippen LogP contribution in [0.4, 0.5) is 0 Å². The Kier molecular flexibility index (Phi) is 4.41. The Morgan fingerprint density at radius 3 is 2.71 bits per heavy atom. The Hall–Kier alpha value is -2.96. The number of nitrogens with zero attached hydrogens (tertiary/aromatic N) is 4. The molecule has 7 heteroatoms. The van der Waals surface area contributed by atoms with E-state index in [2.05, 4.69) is 20.6 Å². The van der Waals surface area contributed by atoms with E-state index in [1.807, 2.05) is 45.0 Å². The van der Waals surface area contributed by atoms with Crippen molar-refractivity contribution in [1.29, 1.82) is 0 Å². The van der Waals surface area contributed by atoms with Crippen LogP contribution in [0.1, 0.15) is 41.8 Å². The molecule has 0 saturated carbocycles. The molecule has 0 saturated heterocycles. The molecule has 3 aromatic rings. The summed E-state index contributed by atoms with van der Waals surface area (Å²) in [7, 11) is 0. The van der Waals surface area contributed by atoms with Gasteiger partial charge in [-0.15, -0.1) is 0 Å². The van der Waals surface area contributed by atoms with Crippen LogP contribution in [0.2, 0.25) is 0 Å². The number of hydrogen-bond acceptors (Lipinski definition) is 5. The van der Waals surface area contributed by atoms with Crippen molar-refractivity contribution in [2.45, 2.75) is 33.4 Å². The van der Waals surface area contributed by atoms with Gasteiger partial charge < -0.3 is 9.84 Å². The largest absolute Gasteiger partial charge is 0.343 e. The molecule has 124 valence electrons. The zero-order valence-corrected chi connectivity index (χ0v) is 13.9. The Morgan fingerprint density at radius 1 is 1.25 bits per heavy atom. The van der Waals surface area contributed by atoms with Gasteiger partial charge in [-0.05, 0) is 39.0 Å². The minimum Gasteiger partial charge on any atom is -0.343 e. The fourth-order valence-corrected chi connectivity index (χ4v) is 2.29. The SMILES string of the molecule is Cc1ccc(-c2nc(CNC(=O)c3ccnn3C(C)C)no2)cc1. The van der Waals surface area contributed by atoms with Crippen LogP contribution in [0.25, 0.3) is 11.5 Å². The van der Waals surface area contributed by atoms with E-state index >= 15 is 0 Å². The first kappa shape index (κ1) is 15.9. The zero-order valence-electron chi connectivity index (χ0n) is 13.9. The highest BCUT2D eigenvalue weighted by Gasteiger charge is 2.15. The third-order valence-electron chi connectivity index (χ3n) is 3.57. The Labute approximate surface area is 139 Å². The van der Waals surface area contributed by atoms with E-state index in [1.54, 1.807) is 16.9 Å². The monoisotopic (exact) mass is 325 g/mol. The quantitative estimate of drug-likeness (QED) is 0.779. The van der Waals surface area contributed by atoms with Crippen LogP contribution >= 0.6 is 0 Å². The number of aromatic nitrogens is 4. The second-order valence-corrected chi connectivity index (χ2v) is 5.82. The van der Waals surface area contributed by atoms with E-state index in [-0.39, 0.29) is 18.5 Å². The van der Waals surface area contributed by atoms with Gasteiger partial charge >= 0.3 is 0 Å². The van der Waals surface area contributed by atoms with Crippen molar-refractivity contribution >= 4 is 5.91 Å². The molecule has 0 unspecified atom stereocenters. The van der Waals surface area contributed by atoms with E-state index in [0.29, 0.717) is 17.4 Å². The minimum absolute atomic E-state index is 0.110. The maximum absolute atomic E-state index is 12.3. The van der Waals surface area contributed by atoms with Gasteiger partial charge in [0, 0.05) is 17.8 Å². The Morgan fingerprint density at radius 2 is 2.00 bits per heavy atom. The molecule has 0 atom stereocenters. The predicted molar refractivity (Wildman–Crippen MR) is 88.3 cm³/mol. The van der Waals surface area contributed by atoms with Gasteiger partial charge in [0.1, 0.15) is 5.69 Å². The number of aryl methyl sites for hydroxylation is 1. The first-order chi connectivity index (χ1) is 11.5. The molecule has 1 amide bonds. The Bertz CT molecular complexity index is 833. The predicted octanol–water partition coefficient (Wildman–Crippen LogP) is 2.75. The molecule has 3 rings (SSSR count). The van der Waals surface area contributed by atoms with Crippen molar-refractivity contribution < 1.29 is 9.32 Å². The summed E-state index contributed by atoms with van der Waals surface area (Å²) < 4.78 is 6.92. The van der Waals surface area contributed by atoms with Crippen LogP contribution in [0.5, 0.6) is 0 Å². The average molecular weight is 325 g/mol. The molecule has 0 spiro atoms. The molecule has 0 aliphatic heterocycles. The topological polar surface area (TPSA) is 85.8 Å². The molecular weight excluding hydrogens is 306 g/mol. The van der Waals surface area contributed by atoms with Gasteiger partial charge in [-0.2, -0.15) is 10.1 Å². The highest BCUT2D eigenvalue weighted by molar-refractivity contribution is 5.92. The summed E-state index contributed by atoms with van der Waals surface area (Å²) in [5, 5.41) is 10.8. The summed E-state index contributed by atoms with van der Waals surface area (Å²) in [6.07, 6.45) is 1.61. The minimum atomic E-state index is -0.220. The maximum Gasteiger partial charge on any atom is 0.269 e. The summed E-state index contributed by atoms with van der Waals surface area (Å²) >= 11 is 0. The second kappa shape index (κ2) is 6.66. The summed E-state index contributed by atoms with van der Waals surface area (Å²) in [6.45, 7) is 6.14. The number of carbonyl (C=O) groups excluding carboxylic acids is 1. The van der Waals surface area contributed by atoms with Gasteiger partial charge in [-0.25, -0.2) is 0 Å². The molecule has 0 fully saturated rings. The summed E-state index contributed by atoms with van der Waals surface area (Å²) in [5.41, 5.74) is 2.52. The van der Waals surface area contributed by atoms with Crippen molar-refractivity contribution in [3.05, 3.63) is 53.6 Å². The first-order valence-electron chi connectivity index (χ1n) is 7.76. The lowest BCUT2D eigenvalue weighted by Gasteiger charge is -2.10. The lowest BCUT2D eigenvalue weighted by atomic mass is 10.1. The van der Waals surface area contributed by atoms with Crippen molar-refractivity contribution in [1.82, 2.24) is 25.2 Å². The van der Waals surface area contributed by atoms with Crippen molar-refractivity contribution in [3.63, 3.8) is 0 Å². The molecule has 0 radical (unpaired) electrons. The number of carbonyl (C=O) groups is 1. The average Bonchev–Trinajstić information content (AvgIpc) is 3.22. The van der Waals surface area contributed by atoms with Gasteiger partial charge in [0.15, 0.2) is 5.82 Å². The van der Waals surface area contributed by atoms with Crippen LogP contribution in [0.15, 0.2) is 41.1 Å². The summed E-state index contributed by atoms with van der Waals surface area (Å²) in [4.78, 5) is 16.6. The van der Waals surface area contributed by atoms with E-state index in [0.717, 1.165) is 11.1 Å². The molecule has 0 aliphatic carbocycles. The number of hydrogen-bond donors (Lipinski definition) is 1. The molecule has 0 aliphatic rings. The van der Waals surface area contributed by atoms with Gasteiger partial charge in [0.25, 0.3) is 11.8 Å². The summed E-state index contributed by atoms with van der Waals surface area (Å²) in [5.74, 6) is 0.642. The number of amides is 1. The summed E-state index contributed by atoms with van der Waals surface area (Å²) in [6, 6.07) is 9.60. The molecular formula is C17H19N5O2. The smallest absolute Gasteiger partial charge is 0.269 e. The molecule has 0 bridgehead atoms. The standard InChI is InChI=1S/C17H19N5O2/c1-11(2)22-14(8-9-19-22)16(23)18-10-15-20-17(24-21-15)13-6-4-12(3)5-7-13/h4-9,11H,10H2,1-3H3,(H,18,23). The van der Waals surface area contributed by atoms with Crippen molar-refractivity contribution in [2.24, 2.45) is 0 Å². The third-order valence-corrected chi connectivity index (χ3v) is 3.57. The molecule has 1 N–H and O–H groups in total. The van der Waals surface area contributed by atoms with Gasteiger partial charge in [0.05, 0.1) is 6.54 Å². The molecule has 2 aromatic heterocycles. The van der Waals surface area contributed by atoms with E-state index in [1.165, 1.54) is 0 Å². The lowest BCUT2D eigenvalue weighted by molar-refractivity contribution is 0.0937. The van der Waals surface area contributed by atoms with Gasteiger partial charge in [0.2, 0.25) is 0 Å². The normalized spacial score (nSPS) is 11.0. The number of rotatable bonds is 5. The number of benzene rings is 1. The van der Waals surface area contributed by atoms with Crippen LogP contribution in [0, 0.1) is 6.92 Å². The van der Waals surface area contributed by atoms with E-state index < -0.39 is 0 Å². The van der Waals surface area contributed by atoms with Crippen LogP contribution in [-0.2, 0) is 6.54 Å². The van der Waals surface area contributed by atoms with Crippen LogP contribution < -0.4 is 5.32 Å². The molecule has 2 heterocycles. The Balaban J connectivity index is 1.66. The van der Waals surface area contributed by atoms with Crippen LogP contribution in [-0.4, -0.2) is 25.8 Å². The van der Waals surface area contributed by atoms with E-state index in [4.69, 9.17) is 4.52 Å².